The number of nitriles is 1. The Hall–Kier alpha value is -2.06. The van der Waals surface area contributed by atoms with Gasteiger partial charge < -0.3 is 14.7 Å². The summed E-state index contributed by atoms with van der Waals surface area (Å²) in [5.41, 5.74) is 0.987. The zero-order valence-corrected chi connectivity index (χ0v) is 10.1. The Kier molecular flexibility index (Phi) is 3.49. The number of hydrogen-bond donors (Lipinski definition) is 1. The lowest BCUT2D eigenvalue weighted by molar-refractivity contribution is -0.117. The minimum absolute atomic E-state index is 0.0136. The molecule has 5 heteroatoms. The predicted octanol–water partition coefficient (Wildman–Crippen LogP) is 0.912. The van der Waals surface area contributed by atoms with Crippen LogP contribution in [0.15, 0.2) is 18.2 Å². The van der Waals surface area contributed by atoms with E-state index in [9.17, 15) is 4.79 Å². The molecule has 1 amide bonds. The first-order chi connectivity index (χ1) is 8.69. The average Bonchev–Trinajstić information content (AvgIpc) is 2.79. The summed E-state index contributed by atoms with van der Waals surface area (Å²) in [6.07, 6.45) is 0.327. The molecule has 1 unspecified atom stereocenters. The number of ether oxygens (including phenoxy) is 1. The zero-order chi connectivity index (χ0) is 13.1. The number of carbonyl (C=O) groups excluding carboxylic acids is 1. The molecule has 1 aromatic carbocycles. The minimum Gasteiger partial charge on any atom is -0.497 e. The molecule has 1 atom stereocenters. The Labute approximate surface area is 105 Å². The molecule has 1 aliphatic heterocycles. The number of benzene rings is 1. The van der Waals surface area contributed by atoms with E-state index >= 15 is 0 Å². The van der Waals surface area contributed by atoms with Crippen LogP contribution >= 0.6 is 0 Å². The molecule has 1 fully saturated rings. The first-order valence-electron chi connectivity index (χ1n) is 5.69. The Morgan fingerprint density at radius 3 is 2.94 bits per heavy atom. The van der Waals surface area contributed by atoms with Gasteiger partial charge in [-0.15, -0.1) is 0 Å². The van der Waals surface area contributed by atoms with Crippen LogP contribution in [-0.2, 0) is 4.79 Å². The molecule has 1 N–H and O–H groups in total. The number of hydrogen-bond acceptors (Lipinski definition) is 4. The van der Waals surface area contributed by atoms with Crippen molar-refractivity contribution in [1.29, 1.82) is 5.26 Å². The van der Waals surface area contributed by atoms with E-state index in [2.05, 4.69) is 6.07 Å². The third-order valence-corrected chi connectivity index (χ3v) is 3.08. The fraction of sp³-hybridized carbons (Fsp3) is 0.385. The van der Waals surface area contributed by atoms with Crippen molar-refractivity contribution in [3.8, 4) is 11.8 Å². The third-order valence-electron chi connectivity index (χ3n) is 3.08. The van der Waals surface area contributed by atoms with E-state index < -0.39 is 0 Å². The molecule has 2 rings (SSSR count). The maximum absolute atomic E-state index is 11.8. The van der Waals surface area contributed by atoms with Crippen LogP contribution in [0, 0.1) is 17.2 Å². The fourth-order valence-electron chi connectivity index (χ4n) is 2.10. The van der Waals surface area contributed by atoms with Gasteiger partial charge in [0.25, 0.3) is 0 Å². The van der Waals surface area contributed by atoms with Crippen LogP contribution in [0.2, 0.25) is 0 Å². The van der Waals surface area contributed by atoms with Gasteiger partial charge in [-0.2, -0.15) is 5.26 Å². The molecule has 1 aromatic rings. The van der Waals surface area contributed by atoms with Crippen LogP contribution in [0.25, 0.3) is 0 Å². The predicted molar refractivity (Wildman–Crippen MR) is 65.3 cm³/mol. The van der Waals surface area contributed by atoms with Gasteiger partial charge in [0.15, 0.2) is 0 Å². The van der Waals surface area contributed by atoms with Crippen molar-refractivity contribution in [3.63, 3.8) is 0 Å². The quantitative estimate of drug-likeness (QED) is 0.860. The van der Waals surface area contributed by atoms with Gasteiger partial charge in [0.05, 0.1) is 18.4 Å². The summed E-state index contributed by atoms with van der Waals surface area (Å²) < 4.78 is 5.05. The molecule has 0 spiro atoms. The van der Waals surface area contributed by atoms with Crippen LogP contribution in [0.4, 0.5) is 5.69 Å². The van der Waals surface area contributed by atoms with Crippen LogP contribution in [0.1, 0.15) is 12.0 Å². The van der Waals surface area contributed by atoms with Gasteiger partial charge in [-0.05, 0) is 18.2 Å². The van der Waals surface area contributed by atoms with Gasteiger partial charge in [0.1, 0.15) is 11.8 Å². The molecule has 94 valence electrons. The molecular weight excluding hydrogens is 232 g/mol. The molecule has 0 radical (unpaired) electrons. The molecular formula is C13H14N2O3. The number of nitrogens with zero attached hydrogens (tertiary/aromatic N) is 2. The molecule has 0 bridgehead atoms. The normalized spacial score (nSPS) is 18.8. The number of rotatable bonds is 3. The lowest BCUT2D eigenvalue weighted by Crippen LogP contribution is -2.25. The SMILES string of the molecule is COc1ccc(N2CC(CO)CC2=O)c(C#N)c1. The van der Waals surface area contributed by atoms with Crippen molar-refractivity contribution in [2.24, 2.45) is 5.92 Å². The van der Waals surface area contributed by atoms with Crippen LogP contribution in [-0.4, -0.2) is 31.3 Å². The number of carbonyl (C=O) groups is 1. The number of amides is 1. The largest absolute Gasteiger partial charge is 0.497 e. The summed E-state index contributed by atoms with van der Waals surface area (Å²) in [6.45, 7) is 0.441. The molecule has 1 heterocycles. The highest BCUT2D eigenvalue weighted by Crippen LogP contribution is 2.30. The Bertz CT molecular complexity index is 507. The summed E-state index contributed by atoms with van der Waals surface area (Å²) in [5, 5.41) is 18.2. The Morgan fingerprint density at radius 1 is 1.61 bits per heavy atom. The third kappa shape index (κ3) is 2.15. The highest BCUT2D eigenvalue weighted by atomic mass is 16.5. The summed E-state index contributed by atoms with van der Waals surface area (Å²) in [4.78, 5) is 13.4. The highest BCUT2D eigenvalue weighted by Gasteiger charge is 2.31. The van der Waals surface area contributed by atoms with Gasteiger partial charge in [0.2, 0.25) is 5.91 Å². The van der Waals surface area contributed by atoms with Gasteiger partial charge >= 0.3 is 0 Å². The second-order valence-corrected chi connectivity index (χ2v) is 4.25. The molecule has 5 nitrogen and oxygen atoms in total. The van der Waals surface area contributed by atoms with E-state index in [1.807, 2.05) is 0 Å². The smallest absolute Gasteiger partial charge is 0.227 e. The number of aliphatic hydroxyl groups is 1. The molecule has 0 aromatic heterocycles. The van der Waals surface area contributed by atoms with Gasteiger partial charge in [-0.1, -0.05) is 0 Å². The molecule has 0 saturated carbocycles. The van der Waals surface area contributed by atoms with E-state index in [0.29, 0.717) is 30.0 Å². The van der Waals surface area contributed by atoms with Crippen molar-refractivity contribution in [3.05, 3.63) is 23.8 Å². The van der Waals surface area contributed by atoms with Crippen molar-refractivity contribution in [1.82, 2.24) is 0 Å². The second kappa shape index (κ2) is 5.07. The maximum atomic E-state index is 11.8. The number of aliphatic hydroxyl groups excluding tert-OH is 1. The number of anilines is 1. The van der Waals surface area contributed by atoms with E-state index in [1.54, 1.807) is 23.1 Å². The zero-order valence-electron chi connectivity index (χ0n) is 10.1. The van der Waals surface area contributed by atoms with E-state index in [1.165, 1.54) is 7.11 Å². The van der Waals surface area contributed by atoms with Crippen LogP contribution in [0.3, 0.4) is 0 Å². The summed E-state index contributed by atoms with van der Waals surface area (Å²) in [6, 6.07) is 7.09. The summed E-state index contributed by atoms with van der Waals surface area (Å²) >= 11 is 0. The Morgan fingerprint density at radius 2 is 2.39 bits per heavy atom. The van der Waals surface area contributed by atoms with Crippen molar-refractivity contribution >= 4 is 11.6 Å². The fourth-order valence-corrected chi connectivity index (χ4v) is 2.10. The maximum Gasteiger partial charge on any atom is 0.227 e. The van der Waals surface area contributed by atoms with Gasteiger partial charge in [-0.3, -0.25) is 4.79 Å². The molecule has 18 heavy (non-hydrogen) atoms. The first kappa shape index (κ1) is 12.4. The second-order valence-electron chi connectivity index (χ2n) is 4.25. The molecule has 1 saturated heterocycles. The van der Waals surface area contributed by atoms with E-state index in [0.717, 1.165) is 0 Å². The van der Waals surface area contributed by atoms with Crippen LogP contribution < -0.4 is 9.64 Å². The van der Waals surface area contributed by atoms with Crippen molar-refractivity contribution in [2.75, 3.05) is 25.2 Å². The lowest BCUT2D eigenvalue weighted by atomic mass is 10.1. The lowest BCUT2D eigenvalue weighted by Gasteiger charge is -2.18. The molecule has 0 aliphatic carbocycles. The summed E-state index contributed by atoms with van der Waals surface area (Å²) in [7, 11) is 1.53. The Balaban J connectivity index is 2.34. The van der Waals surface area contributed by atoms with Crippen molar-refractivity contribution in [2.45, 2.75) is 6.42 Å². The van der Waals surface area contributed by atoms with Gasteiger partial charge in [0, 0.05) is 25.5 Å². The summed E-state index contributed by atoms with van der Waals surface area (Å²) in [5.74, 6) is 0.475. The van der Waals surface area contributed by atoms with Gasteiger partial charge in [-0.25, -0.2) is 0 Å². The first-order valence-corrected chi connectivity index (χ1v) is 5.69. The highest BCUT2D eigenvalue weighted by molar-refractivity contribution is 5.97. The number of methoxy groups -OCH3 is 1. The standard InChI is InChI=1S/C13H14N2O3/c1-18-11-2-3-12(10(5-11)6-14)15-7-9(8-16)4-13(15)17/h2-3,5,9,16H,4,7-8H2,1H3. The van der Waals surface area contributed by atoms with E-state index in [4.69, 9.17) is 15.1 Å². The van der Waals surface area contributed by atoms with Crippen LogP contribution in [0.5, 0.6) is 5.75 Å². The van der Waals surface area contributed by atoms with Crippen molar-refractivity contribution < 1.29 is 14.6 Å². The molecule has 1 aliphatic rings. The van der Waals surface area contributed by atoms with E-state index in [-0.39, 0.29) is 18.4 Å². The monoisotopic (exact) mass is 246 g/mol. The average molecular weight is 246 g/mol. The topological polar surface area (TPSA) is 73.6 Å². The minimum atomic E-state index is -0.0595.